The van der Waals surface area contributed by atoms with Crippen LogP contribution in [0.5, 0.6) is 0 Å². The highest BCUT2D eigenvalue weighted by molar-refractivity contribution is 5.69. The Hall–Kier alpha value is -1.65. The highest BCUT2D eigenvalue weighted by Crippen LogP contribution is 2.04. The zero-order chi connectivity index (χ0) is 9.80. The summed E-state index contributed by atoms with van der Waals surface area (Å²) in [5.41, 5.74) is 4.88. The first-order chi connectivity index (χ1) is 6.92. The lowest BCUT2D eigenvalue weighted by molar-refractivity contribution is 0.758. The molecule has 2 rings (SSSR count). The zero-order valence-electron chi connectivity index (χ0n) is 8.14. The largest absolute Gasteiger partial charge is 0.323 e. The van der Waals surface area contributed by atoms with Crippen molar-refractivity contribution in [2.45, 2.75) is 19.8 Å². The minimum Gasteiger partial charge on any atom is -0.323 e. The van der Waals surface area contributed by atoms with Crippen LogP contribution in [0.2, 0.25) is 0 Å². The summed E-state index contributed by atoms with van der Waals surface area (Å²) in [5, 5.41) is 0. The number of hydrogen-bond acceptors (Lipinski definition) is 4. The zero-order valence-corrected chi connectivity index (χ0v) is 8.14. The van der Waals surface area contributed by atoms with E-state index in [0.717, 1.165) is 24.1 Å². The molecule has 2 aromatic heterocycles. The van der Waals surface area contributed by atoms with Crippen LogP contribution in [0.4, 0.5) is 0 Å². The van der Waals surface area contributed by atoms with E-state index in [1.54, 1.807) is 12.5 Å². The lowest BCUT2D eigenvalue weighted by Crippen LogP contribution is -2.15. The second-order valence-corrected chi connectivity index (χ2v) is 3.11. The fraction of sp³-hybridized carbons (Fsp3) is 0.444. The Morgan fingerprint density at radius 1 is 1.43 bits per heavy atom. The average molecular weight is 191 g/mol. The van der Waals surface area contributed by atoms with Crippen LogP contribution in [0.3, 0.4) is 0 Å². The predicted molar refractivity (Wildman–Crippen MR) is 54.5 cm³/mol. The van der Waals surface area contributed by atoms with Gasteiger partial charge in [-0.2, -0.15) is 0 Å². The molecule has 14 heavy (non-hydrogen) atoms. The molecule has 0 bridgehead atoms. The molecule has 0 spiro atoms. The third kappa shape index (κ3) is 1.66. The first-order valence-electron chi connectivity index (χ1n) is 4.78. The lowest BCUT2D eigenvalue weighted by atomic mass is 10.3. The minimum absolute atomic E-state index is 0.816. The van der Waals surface area contributed by atoms with Crippen LogP contribution in [0.1, 0.15) is 19.8 Å². The van der Waals surface area contributed by atoms with Crippen LogP contribution in [-0.2, 0) is 0 Å². The fourth-order valence-corrected chi connectivity index (χ4v) is 1.26. The Morgan fingerprint density at radius 2 is 2.36 bits per heavy atom. The standard InChI is InChI=1S/C9H13N5/c1-2-3-4-13-14-7-12-8-5-10-6-11-9(8)14/h5-7,13H,2-4H2,1H3. The van der Waals surface area contributed by atoms with Gasteiger partial charge in [0.25, 0.3) is 0 Å². The molecule has 0 aliphatic heterocycles. The normalized spacial score (nSPS) is 10.6. The topological polar surface area (TPSA) is 55.6 Å². The maximum Gasteiger partial charge on any atom is 0.181 e. The van der Waals surface area contributed by atoms with Gasteiger partial charge < -0.3 is 5.43 Å². The Morgan fingerprint density at radius 3 is 3.21 bits per heavy atom. The predicted octanol–water partition coefficient (Wildman–Crippen LogP) is 1.17. The summed E-state index contributed by atoms with van der Waals surface area (Å²) in [6.07, 6.45) is 7.29. The highest BCUT2D eigenvalue weighted by atomic mass is 15.4. The summed E-state index contributed by atoms with van der Waals surface area (Å²) < 4.78 is 1.84. The van der Waals surface area contributed by atoms with Crippen LogP contribution in [0, 0.1) is 0 Å². The second-order valence-electron chi connectivity index (χ2n) is 3.11. The maximum atomic E-state index is 4.17. The Bertz CT molecular complexity index is 408. The third-order valence-electron chi connectivity index (χ3n) is 2.03. The van der Waals surface area contributed by atoms with Gasteiger partial charge in [0.1, 0.15) is 18.2 Å². The molecule has 0 fully saturated rings. The maximum absolute atomic E-state index is 4.17. The van der Waals surface area contributed by atoms with Crippen molar-refractivity contribution in [2.24, 2.45) is 0 Å². The third-order valence-corrected chi connectivity index (χ3v) is 2.03. The number of nitrogens with one attached hydrogen (secondary N) is 1. The Kier molecular flexibility index (Phi) is 2.58. The first kappa shape index (κ1) is 8.93. The van der Waals surface area contributed by atoms with Crippen molar-refractivity contribution < 1.29 is 0 Å². The number of fused-ring (bicyclic) bond motifs is 1. The molecule has 2 aromatic rings. The van der Waals surface area contributed by atoms with Gasteiger partial charge in [0.2, 0.25) is 0 Å². The van der Waals surface area contributed by atoms with E-state index in [9.17, 15) is 0 Å². The van der Waals surface area contributed by atoms with Crippen LogP contribution < -0.4 is 5.43 Å². The van der Waals surface area contributed by atoms with Crippen LogP contribution in [0.15, 0.2) is 18.9 Å². The van der Waals surface area contributed by atoms with E-state index < -0.39 is 0 Å². The molecule has 74 valence electrons. The smallest absolute Gasteiger partial charge is 0.181 e. The first-order valence-corrected chi connectivity index (χ1v) is 4.78. The molecule has 0 saturated heterocycles. The number of rotatable bonds is 4. The number of unbranched alkanes of at least 4 members (excludes halogenated alkanes) is 1. The molecule has 5 nitrogen and oxygen atoms in total. The average Bonchev–Trinajstić information content (AvgIpc) is 2.63. The van der Waals surface area contributed by atoms with Gasteiger partial charge in [-0.3, -0.25) is 0 Å². The van der Waals surface area contributed by atoms with E-state index in [2.05, 4.69) is 27.3 Å². The van der Waals surface area contributed by atoms with Crippen molar-refractivity contribution in [1.29, 1.82) is 0 Å². The van der Waals surface area contributed by atoms with Gasteiger partial charge in [-0.25, -0.2) is 19.6 Å². The highest BCUT2D eigenvalue weighted by Gasteiger charge is 2.01. The second kappa shape index (κ2) is 4.04. The number of aromatic nitrogens is 4. The molecule has 1 N–H and O–H groups in total. The fourth-order valence-electron chi connectivity index (χ4n) is 1.26. The molecular formula is C9H13N5. The van der Waals surface area contributed by atoms with Gasteiger partial charge in [0, 0.05) is 6.54 Å². The van der Waals surface area contributed by atoms with Gasteiger partial charge in [-0.1, -0.05) is 13.3 Å². The molecular weight excluding hydrogens is 178 g/mol. The number of hydrogen-bond donors (Lipinski definition) is 1. The molecule has 0 amide bonds. The summed E-state index contributed by atoms with van der Waals surface area (Å²) in [7, 11) is 0. The summed E-state index contributed by atoms with van der Waals surface area (Å²) in [6, 6.07) is 0. The molecule has 0 radical (unpaired) electrons. The summed E-state index contributed by atoms with van der Waals surface area (Å²) >= 11 is 0. The van der Waals surface area contributed by atoms with Gasteiger partial charge in [-0.05, 0) is 6.42 Å². The van der Waals surface area contributed by atoms with E-state index in [-0.39, 0.29) is 0 Å². The van der Waals surface area contributed by atoms with Gasteiger partial charge in [0.05, 0.1) is 6.20 Å². The van der Waals surface area contributed by atoms with Crippen molar-refractivity contribution >= 4 is 11.2 Å². The quantitative estimate of drug-likeness (QED) is 0.737. The molecule has 5 heteroatoms. The lowest BCUT2D eigenvalue weighted by Gasteiger charge is -2.05. The van der Waals surface area contributed by atoms with Crippen LogP contribution in [-0.4, -0.2) is 26.2 Å². The Balaban J connectivity index is 2.17. The SMILES string of the molecule is CCCCNn1cnc2cncnc21. The van der Waals surface area contributed by atoms with E-state index in [4.69, 9.17) is 0 Å². The van der Waals surface area contributed by atoms with E-state index in [1.807, 2.05) is 4.68 Å². The van der Waals surface area contributed by atoms with Crippen molar-refractivity contribution in [3.8, 4) is 0 Å². The number of imidazole rings is 1. The van der Waals surface area contributed by atoms with Crippen LogP contribution in [0.25, 0.3) is 11.2 Å². The Labute approximate surface area is 82.2 Å². The molecule has 2 heterocycles. The van der Waals surface area contributed by atoms with Gasteiger partial charge in [0.15, 0.2) is 5.65 Å². The molecule has 0 unspecified atom stereocenters. The van der Waals surface area contributed by atoms with E-state index in [1.165, 1.54) is 12.7 Å². The molecule has 0 atom stereocenters. The summed E-state index contributed by atoms with van der Waals surface area (Å²) in [6.45, 7) is 3.10. The minimum atomic E-state index is 0.816. The van der Waals surface area contributed by atoms with Crippen molar-refractivity contribution in [1.82, 2.24) is 19.6 Å². The number of nitrogens with zero attached hydrogens (tertiary/aromatic N) is 4. The summed E-state index contributed by atoms with van der Waals surface area (Å²) in [4.78, 5) is 12.2. The summed E-state index contributed by atoms with van der Waals surface area (Å²) in [5.74, 6) is 0. The van der Waals surface area contributed by atoms with Crippen molar-refractivity contribution in [2.75, 3.05) is 12.0 Å². The molecule has 0 aliphatic rings. The van der Waals surface area contributed by atoms with Crippen molar-refractivity contribution in [3.05, 3.63) is 18.9 Å². The molecule has 0 saturated carbocycles. The monoisotopic (exact) mass is 191 g/mol. The van der Waals surface area contributed by atoms with Crippen LogP contribution >= 0.6 is 0 Å². The van der Waals surface area contributed by atoms with Crippen molar-refractivity contribution in [3.63, 3.8) is 0 Å². The van der Waals surface area contributed by atoms with Gasteiger partial charge >= 0.3 is 0 Å². The van der Waals surface area contributed by atoms with Gasteiger partial charge in [-0.15, -0.1) is 0 Å². The van der Waals surface area contributed by atoms with E-state index in [0.29, 0.717) is 0 Å². The molecule has 0 aliphatic carbocycles. The molecule has 0 aromatic carbocycles. The van der Waals surface area contributed by atoms with E-state index >= 15 is 0 Å².